The van der Waals surface area contributed by atoms with Crippen LogP contribution in [-0.4, -0.2) is 11.0 Å². The second-order valence-electron chi connectivity index (χ2n) is 4.12. The maximum atomic E-state index is 12.0. The van der Waals surface area contributed by atoms with Crippen LogP contribution in [0.25, 0.3) is 6.08 Å². The summed E-state index contributed by atoms with van der Waals surface area (Å²) in [5, 5.41) is 20.9. The second-order valence-corrected chi connectivity index (χ2v) is 5.44. The van der Waals surface area contributed by atoms with Gasteiger partial charge < -0.3 is 10.4 Å². The summed E-state index contributed by atoms with van der Waals surface area (Å²) in [5.41, 5.74) is 0.566. The Labute approximate surface area is 120 Å². The summed E-state index contributed by atoms with van der Waals surface area (Å²) < 4.78 is 0. The SMILES string of the molecule is Cc1ccc(/C=C(\C#N)C(=O)Nc2ccc(O)cc2)s1. The zero-order valence-corrected chi connectivity index (χ0v) is 11.6. The van der Waals surface area contributed by atoms with Gasteiger partial charge in [-0.2, -0.15) is 5.26 Å². The monoisotopic (exact) mass is 284 g/mol. The minimum atomic E-state index is -0.468. The van der Waals surface area contributed by atoms with Crippen molar-refractivity contribution in [1.82, 2.24) is 0 Å². The molecular formula is C15H12N2O2S. The molecule has 0 aliphatic heterocycles. The van der Waals surface area contributed by atoms with Crippen molar-refractivity contribution in [3.05, 3.63) is 51.7 Å². The van der Waals surface area contributed by atoms with E-state index in [0.717, 1.165) is 9.75 Å². The highest BCUT2D eigenvalue weighted by Gasteiger charge is 2.10. The first-order chi connectivity index (χ1) is 9.58. The molecule has 0 aliphatic carbocycles. The van der Waals surface area contributed by atoms with Crippen LogP contribution in [-0.2, 0) is 4.79 Å². The molecule has 20 heavy (non-hydrogen) atoms. The summed E-state index contributed by atoms with van der Waals surface area (Å²) >= 11 is 1.52. The molecule has 0 spiro atoms. The van der Waals surface area contributed by atoms with E-state index < -0.39 is 5.91 Å². The number of hydrogen-bond acceptors (Lipinski definition) is 4. The first-order valence-corrected chi connectivity index (χ1v) is 6.69. The van der Waals surface area contributed by atoms with Gasteiger partial charge in [0.2, 0.25) is 0 Å². The van der Waals surface area contributed by atoms with Gasteiger partial charge in [0.15, 0.2) is 0 Å². The van der Waals surface area contributed by atoms with E-state index in [1.807, 2.05) is 25.1 Å². The number of amides is 1. The Morgan fingerprint density at radius 2 is 2.00 bits per heavy atom. The Hall–Kier alpha value is -2.58. The normalized spacial score (nSPS) is 10.9. The van der Waals surface area contributed by atoms with Crippen molar-refractivity contribution in [2.75, 3.05) is 5.32 Å². The third-order valence-electron chi connectivity index (χ3n) is 2.54. The summed E-state index contributed by atoms with van der Waals surface area (Å²) in [4.78, 5) is 14.0. The van der Waals surface area contributed by atoms with Gasteiger partial charge >= 0.3 is 0 Å². The quantitative estimate of drug-likeness (QED) is 0.516. The van der Waals surface area contributed by atoms with Gasteiger partial charge in [-0.25, -0.2) is 0 Å². The number of rotatable bonds is 3. The molecule has 0 bridgehead atoms. The van der Waals surface area contributed by atoms with Crippen molar-refractivity contribution < 1.29 is 9.90 Å². The van der Waals surface area contributed by atoms with Gasteiger partial charge in [-0.3, -0.25) is 4.79 Å². The third kappa shape index (κ3) is 3.46. The first kappa shape index (κ1) is 13.8. The number of carbonyl (C=O) groups excluding carboxylic acids is 1. The van der Waals surface area contributed by atoms with E-state index >= 15 is 0 Å². The zero-order chi connectivity index (χ0) is 14.5. The molecule has 0 aliphatic rings. The van der Waals surface area contributed by atoms with Gasteiger partial charge in [-0.15, -0.1) is 11.3 Å². The van der Waals surface area contributed by atoms with Crippen LogP contribution in [0.1, 0.15) is 9.75 Å². The molecule has 1 heterocycles. The van der Waals surface area contributed by atoms with Crippen LogP contribution < -0.4 is 5.32 Å². The van der Waals surface area contributed by atoms with Crippen LogP contribution in [0.2, 0.25) is 0 Å². The molecule has 0 fully saturated rings. The van der Waals surface area contributed by atoms with Crippen molar-refractivity contribution >= 4 is 29.0 Å². The van der Waals surface area contributed by atoms with Crippen LogP contribution in [0.3, 0.4) is 0 Å². The summed E-state index contributed by atoms with van der Waals surface area (Å²) in [7, 11) is 0. The van der Waals surface area contributed by atoms with Crippen molar-refractivity contribution in [2.24, 2.45) is 0 Å². The highest BCUT2D eigenvalue weighted by molar-refractivity contribution is 7.12. The number of aromatic hydroxyl groups is 1. The predicted molar refractivity (Wildman–Crippen MR) is 79.4 cm³/mol. The number of nitrogens with one attached hydrogen (secondary N) is 1. The number of nitriles is 1. The number of anilines is 1. The molecule has 0 atom stereocenters. The molecule has 100 valence electrons. The Balaban J connectivity index is 2.16. The molecule has 0 unspecified atom stereocenters. The van der Waals surface area contributed by atoms with E-state index in [4.69, 9.17) is 10.4 Å². The van der Waals surface area contributed by atoms with Gasteiger partial charge in [-0.05, 0) is 49.4 Å². The van der Waals surface area contributed by atoms with Crippen molar-refractivity contribution in [2.45, 2.75) is 6.92 Å². The number of phenolic OH excluding ortho intramolecular Hbond substituents is 1. The fraction of sp³-hybridized carbons (Fsp3) is 0.0667. The van der Waals surface area contributed by atoms with Gasteiger partial charge in [0.05, 0.1) is 0 Å². The lowest BCUT2D eigenvalue weighted by atomic mass is 10.2. The van der Waals surface area contributed by atoms with Crippen LogP contribution >= 0.6 is 11.3 Å². The number of phenols is 1. The van der Waals surface area contributed by atoms with Crippen molar-refractivity contribution in [3.63, 3.8) is 0 Å². The second kappa shape index (κ2) is 6.04. The van der Waals surface area contributed by atoms with Gasteiger partial charge in [0.25, 0.3) is 5.91 Å². The molecule has 1 aromatic heterocycles. The van der Waals surface area contributed by atoms with E-state index in [1.54, 1.807) is 18.2 Å². The predicted octanol–water partition coefficient (Wildman–Crippen LogP) is 3.31. The molecular weight excluding hydrogens is 272 g/mol. The highest BCUT2D eigenvalue weighted by Crippen LogP contribution is 2.19. The molecule has 2 rings (SSSR count). The number of benzene rings is 1. The third-order valence-corrected chi connectivity index (χ3v) is 3.49. The topological polar surface area (TPSA) is 73.1 Å². The number of hydrogen-bond donors (Lipinski definition) is 2. The zero-order valence-electron chi connectivity index (χ0n) is 10.8. The maximum absolute atomic E-state index is 12.0. The average molecular weight is 284 g/mol. The molecule has 2 N–H and O–H groups in total. The molecule has 0 radical (unpaired) electrons. The van der Waals surface area contributed by atoms with Crippen LogP contribution in [0.5, 0.6) is 5.75 Å². The highest BCUT2D eigenvalue weighted by atomic mass is 32.1. The lowest BCUT2D eigenvalue weighted by molar-refractivity contribution is -0.112. The van der Waals surface area contributed by atoms with Gasteiger partial charge in [-0.1, -0.05) is 0 Å². The first-order valence-electron chi connectivity index (χ1n) is 5.87. The number of thiophene rings is 1. The van der Waals surface area contributed by atoms with Crippen LogP contribution in [0.4, 0.5) is 5.69 Å². The largest absolute Gasteiger partial charge is 0.508 e. The Bertz CT molecular complexity index is 693. The van der Waals surface area contributed by atoms with Crippen LogP contribution in [0, 0.1) is 18.3 Å². The lowest BCUT2D eigenvalue weighted by Crippen LogP contribution is -2.13. The van der Waals surface area contributed by atoms with E-state index in [-0.39, 0.29) is 11.3 Å². The molecule has 0 saturated heterocycles. The lowest BCUT2D eigenvalue weighted by Gasteiger charge is -2.03. The summed E-state index contributed by atoms with van der Waals surface area (Å²) in [5.74, 6) is -0.350. The molecule has 1 aromatic carbocycles. The Kier molecular flexibility index (Phi) is 4.18. The summed E-state index contributed by atoms with van der Waals surface area (Å²) in [6, 6.07) is 11.8. The van der Waals surface area contributed by atoms with E-state index in [1.165, 1.54) is 23.5 Å². The van der Waals surface area contributed by atoms with Crippen LogP contribution in [0.15, 0.2) is 42.0 Å². The average Bonchev–Trinajstić information content (AvgIpc) is 2.84. The molecule has 0 saturated carbocycles. The van der Waals surface area contributed by atoms with E-state index in [2.05, 4.69) is 5.32 Å². The number of nitrogens with zero attached hydrogens (tertiary/aromatic N) is 1. The van der Waals surface area contributed by atoms with Gasteiger partial charge in [0, 0.05) is 15.4 Å². The number of carbonyl (C=O) groups is 1. The number of aryl methyl sites for hydroxylation is 1. The Morgan fingerprint density at radius 1 is 1.30 bits per heavy atom. The van der Waals surface area contributed by atoms with E-state index in [9.17, 15) is 4.79 Å². The standard InChI is InChI=1S/C15H12N2O2S/c1-10-2-7-14(20-10)8-11(9-16)15(19)17-12-3-5-13(18)6-4-12/h2-8,18H,1H3,(H,17,19)/b11-8+. The van der Waals surface area contributed by atoms with Crippen molar-refractivity contribution in [3.8, 4) is 11.8 Å². The minimum Gasteiger partial charge on any atom is -0.508 e. The van der Waals surface area contributed by atoms with E-state index in [0.29, 0.717) is 5.69 Å². The Morgan fingerprint density at radius 3 is 2.55 bits per heavy atom. The van der Waals surface area contributed by atoms with Gasteiger partial charge in [0.1, 0.15) is 17.4 Å². The smallest absolute Gasteiger partial charge is 0.266 e. The summed E-state index contributed by atoms with van der Waals surface area (Å²) in [6.45, 7) is 1.96. The molecule has 5 heteroatoms. The summed E-state index contributed by atoms with van der Waals surface area (Å²) in [6.07, 6.45) is 1.56. The van der Waals surface area contributed by atoms with Crippen molar-refractivity contribution in [1.29, 1.82) is 5.26 Å². The molecule has 4 nitrogen and oxygen atoms in total. The fourth-order valence-electron chi connectivity index (χ4n) is 1.57. The molecule has 1 amide bonds. The molecule has 2 aromatic rings. The minimum absolute atomic E-state index is 0.0416. The fourth-order valence-corrected chi connectivity index (χ4v) is 2.39. The maximum Gasteiger partial charge on any atom is 0.266 e.